The molecule has 24 heavy (non-hydrogen) atoms. The number of ether oxygens (including phenoxy) is 1. The van der Waals surface area contributed by atoms with Crippen molar-refractivity contribution in [2.75, 3.05) is 0 Å². The second-order valence-corrected chi connectivity index (χ2v) is 6.56. The summed E-state index contributed by atoms with van der Waals surface area (Å²) in [5, 5.41) is 12.9. The van der Waals surface area contributed by atoms with Crippen LogP contribution >= 0.6 is 23.4 Å². The van der Waals surface area contributed by atoms with Gasteiger partial charge >= 0.3 is 0 Å². The number of rotatable bonds is 7. The van der Waals surface area contributed by atoms with Gasteiger partial charge in [-0.05, 0) is 24.3 Å². The lowest BCUT2D eigenvalue weighted by atomic mass is 10.2. The highest BCUT2D eigenvalue weighted by molar-refractivity contribution is 7.98. The fourth-order valence-electron chi connectivity index (χ4n) is 1.72. The Hall–Kier alpha value is -2.06. The highest BCUT2D eigenvalue weighted by Gasteiger charge is 2.13. The number of halogens is 1. The molecule has 0 fully saturated rings. The van der Waals surface area contributed by atoms with Crippen LogP contribution in [0.3, 0.4) is 0 Å². The fourth-order valence-corrected chi connectivity index (χ4v) is 2.46. The molecule has 126 valence electrons. The standard InChI is InChI=1S/C15H15ClN4O3S/c1-9(2)14-17-13(23-20-14)8-24-15-19-18-12(22-15)7-21-11-5-3-10(16)4-6-11/h3-6,9H,7-8H2,1-2H3. The predicted octanol–water partition coefficient (Wildman–Crippen LogP) is 4.10. The highest BCUT2D eigenvalue weighted by Crippen LogP contribution is 2.22. The van der Waals surface area contributed by atoms with Crippen LogP contribution in [0, 0.1) is 0 Å². The summed E-state index contributed by atoms with van der Waals surface area (Å²) >= 11 is 7.15. The van der Waals surface area contributed by atoms with Crippen molar-refractivity contribution in [3.63, 3.8) is 0 Å². The maximum atomic E-state index is 5.82. The Kier molecular flexibility index (Phi) is 5.37. The van der Waals surface area contributed by atoms with E-state index in [1.165, 1.54) is 11.8 Å². The first kappa shape index (κ1) is 16.8. The van der Waals surface area contributed by atoms with Gasteiger partial charge in [0.2, 0.25) is 5.89 Å². The van der Waals surface area contributed by atoms with Crippen molar-refractivity contribution in [3.05, 3.63) is 46.9 Å². The van der Waals surface area contributed by atoms with Gasteiger partial charge in [0.25, 0.3) is 11.1 Å². The van der Waals surface area contributed by atoms with E-state index < -0.39 is 0 Å². The van der Waals surface area contributed by atoms with Crippen molar-refractivity contribution in [3.8, 4) is 5.75 Å². The molecule has 0 unspecified atom stereocenters. The summed E-state index contributed by atoms with van der Waals surface area (Å²) in [5.41, 5.74) is 0. The Labute approximate surface area is 147 Å². The molecule has 0 radical (unpaired) electrons. The van der Waals surface area contributed by atoms with Gasteiger partial charge in [0, 0.05) is 10.9 Å². The van der Waals surface area contributed by atoms with E-state index in [1.807, 2.05) is 13.8 Å². The van der Waals surface area contributed by atoms with E-state index in [4.69, 9.17) is 25.3 Å². The quantitative estimate of drug-likeness (QED) is 0.577. The Morgan fingerprint density at radius 1 is 1.17 bits per heavy atom. The van der Waals surface area contributed by atoms with Crippen molar-refractivity contribution in [2.45, 2.75) is 37.3 Å². The van der Waals surface area contributed by atoms with Crippen LogP contribution in [-0.2, 0) is 12.4 Å². The van der Waals surface area contributed by atoms with Crippen LogP contribution in [0.1, 0.15) is 37.4 Å². The third-order valence-electron chi connectivity index (χ3n) is 2.94. The predicted molar refractivity (Wildman–Crippen MR) is 88.0 cm³/mol. The Bertz CT molecular complexity index is 788. The normalized spacial score (nSPS) is 11.2. The second kappa shape index (κ2) is 7.67. The lowest BCUT2D eigenvalue weighted by molar-refractivity contribution is 0.252. The summed E-state index contributed by atoms with van der Waals surface area (Å²) in [5.74, 6) is 2.99. The number of nitrogens with zero attached hydrogens (tertiary/aromatic N) is 4. The van der Waals surface area contributed by atoms with Crippen LogP contribution in [0.2, 0.25) is 5.02 Å². The van der Waals surface area contributed by atoms with Crippen LogP contribution in [0.15, 0.2) is 38.4 Å². The van der Waals surface area contributed by atoms with Crippen molar-refractivity contribution in [1.29, 1.82) is 0 Å². The number of hydrogen-bond acceptors (Lipinski definition) is 8. The monoisotopic (exact) mass is 366 g/mol. The Morgan fingerprint density at radius 2 is 1.96 bits per heavy atom. The molecule has 3 rings (SSSR count). The summed E-state index contributed by atoms with van der Waals surface area (Å²) in [4.78, 5) is 4.29. The van der Waals surface area contributed by atoms with Gasteiger partial charge in [0.15, 0.2) is 12.4 Å². The summed E-state index contributed by atoms with van der Waals surface area (Å²) in [6, 6.07) is 7.05. The summed E-state index contributed by atoms with van der Waals surface area (Å²) < 4.78 is 16.2. The highest BCUT2D eigenvalue weighted by atomic mass is 35.5. The molecule has 9 heteroatoms. The van der Waals surface area contributed by atoms with Gasteiger partial charge in [-0.25, -0.2) is 0 Å². The number of hydrogen-bond donors (Lipinski definition) is 0. The van der Waals surface area contributed by atoms with Crippen molar-refractivity contribution < 1.29 is 13.7 Å². The molecule has 0 spiro atoms. The molecule has 3 aromatic rings. The van der Waals surface area contributed by atoms with Crippen LogP contribution in [-0.4, -0.2) is 20.3 Å². The zero-order valence-corrected chi connectivity index (χ0v) is 14.7. The fraction of sp³-hybridized carbons (Fsp3) is 0.333. The second-order valence-electron chi connectivity index (χ2n) is 5.19. The van der Waals surface area contributed by atoms with E-state index in [0.717, 1.165) is 0 Å². The maximum absolute atomic E-state index is 5.82. The largest absolute Gasteiger partial charge is 0.484 e. The zero-order valence-electron chi connectivity index (χ0n) is 13.1. The molecule has 0 bridgehead atoms. The van der Waals surface area contributed by atoms with Crippen LogP contribution in [0.25, 0.3) is 0 Å². The third-order valence-corrected chi connectivity index (χ3v) is 4.00. The topological polar surface area (TPSA) is 87.1 Å². The SMILES string of the molecule is CC(C)c1noc(CSc2nnc(COc3ccc(Cl)cc3)o2)n1. The molecule has 1 aromatic carbocycles. The van der Waals surface area contributed by atoms with Crippen molar-refractivity contribution in [2.24, 2.45) is 0 Å². The van der Waals surface area contributed by atoms with E-state index in [9.17, 15) is 0 Å². The van der Waals surface area contributed by atoms with E-state index >= 15 is 0 Å². The zero-order chi connectivity index (χ0) is 16.9. The molecule has 0 saturated heterocycles. The minimum absolute atomic E-state index is 0.188. The number of thioether (sulfide) groups is 1. The molecule has 0 atom stereocenters. The van der Waals surface area contributed by atoms with Crippen LogP contribution in [0.4, 0.5) is 0 Å². The third kappa shape index (κ3) is 4.48. The lowest BCUT2D eigenvalue weighted by Gasteiger charge is -2.02. The van der Waals surface area contributed by atoms with Gasteiger partial charge < -0.3 is 13.7 Å². The molecule has 2 aromatic heterocycles. The van der Waals surface area contributed by atoms with Gasteiger partial charge in [-0.3, -0.25) is 0 Å². The minimum atomic E-state index is 0.188. The molecule has 0 amide bonds. The molecule has 0 aliphatic carbocycles. The Balaban J connectivity index is 1.50. The first-order valence-corrected chi connectivity index (χ1v) is 8.62. The summed E-state index contributed by atoms with van der Waals surface area (Å²) in [7, 11) is 0. The van der Waals surface area contributed by atoms with Gasteiger partial charge in [0.05, 0.1) is 5.75 Å². The Morgan fingerprint density at radius 3 is 2.67 bits per heavy atom. The number of benzene rings is 1. The molecular formula is C15H15ClN4O3S. The summed E-state index contributed by atoms with van der Waals surface area (Å²) in [6.45, 7) is 4.20. The molecular weight excluding hydrogens is 352 g/mol. The molecule has 2 heterocycles. The molecule has 7 nitrogen and oxygen atoms in total. The van der Waals surface area contributed by atoms with E-state index in [-0.39, 0.29) is 12.5 Å². The molecule has 0 aliphatic heterocycles. The maximum Gasteiger partial charge on any atom is 0.277 e. The van der Waals surface area contributed by atoms with Crippen molar-refractivity contribution >= 4 is 23.4 Å². The van der Waals surface area contributed by atoms with Gasteiger partial charge in [-0.2, -0.15) is 4.98 Å². The van der Waals surface area contributed by atoms with Gasteiger partial charge in [0.1, 0.15) is 5.75 Å². The first-order valence-electron chi connectivity index (χ1n) is 7.26. The van der Waals surface area contributed by atoms with Gasteiger partial charge in [-0.15, -0.1) is 10.2 Å². The summed E-state index contributed by atoms with van der Waals surface area (Å²) in [6.07, 6.45) is 0. The van der Waals surface area contributed by atoms with E-state index in [1.54, 1.807) is 24.3 Å². The van der Waals surface area contributed by atoms with Crippen LogP contribution < -0.4 is 4.74 Å². The average molecular weight is 367 g/mol. The van der Waals surface area contributed by atoms with E-state index in [0.29, 0.717) is 39.4 Å². The molecule has 0 N–H and O–H groups in total. The average Bonchev–Trinajstić information content (AvgIpc) is 3.22. The lowest BCUT2D eigenvalue weighted by Crippen LogP contribution is -1.95. The molecule has 0 aliphatic rings. The van der Waals surface area contributed by atoms with Crippen LogP contribution in [0.5, 0.6) is 5.75 Å². The van der Waals surface area contributed by atoms with E-state index in [2.05, 4.69) is 20.3 Å². The van der Waals surface area contributed by atoms with Crippen molar-refractivity contribution in [1.82, 2.24) is 20.3 Å². The smallest absolute Gasteiger partial charge is 0.277 e. The first-order chi connectivity index (χ1) is 11.6. The number of aromatic nitrogens is 4. The van der Waals surface area contributed by atoms with Gasteiger partial charge in [-0.1, -0.05) is 42.4 Å². The minimum Gasteiger partial charge on any atom is -0.484 e. The molecule has 0 saturated carbocycles.